The number of nitrogens with one attached hydrogen (secondary N) is 1. The van der Waals surface area contributed by atoms with Gasteiger partial charge < -0.3 is 10.2 Å². The summed E-state index contributed by atoms with van der Waals surface area (Å²) >= 11 is 0. The highest BCUT2D eigenvalue weighted by molar-refractivity contribution is 5.94. The van der Waals surface area contributed by atoms with Crippen LogP contribution in [0.3, 0.4) is 0 Å². The van der Waals surface area contributed by atoms with Crippen LogP contribution in [-0.2, 0) is 4.79 Å². The second-order valence-electron chi connectivity index (χ2n) is 7.12. The van der Waals surface area contributed by atoms with E-state index in [4.69, 9.17) is 0 Å². The Morgan fingerprint density at radius 1 is 1.21 bits per heavy atom. The summed E-state index contributed by atoms with van der Waals surface area (Å²) in [5, 5.41) is 3.21. The fourth-order valence-electron chi connectivity index (χ4n) is 3.07. The quantitative estimate of drug-likeness (QED) is 0.738. The predicted molar refractivity (Wildman–Crippen MR) is 78.9 cm³/mol. The van der Waals surface area contributed by atoms with Crippen molar-refractivity contribution in [2.45, 2.75) is 47.0 Å². The molecule has 2 heterocycles. The van der Waals surface area contributed by atoms with Crippen LogP contribution in [0, 0.1) is 11.3 Å². The Hall–Kier alpha value is -0.830. The lowest BCUT2D eigenvalue weighted by Gasteiger charge is -2.30. The van der Waals surface area contributed by atoms with E-state index in [-0.39, 0.29) is 5.91 Å². The zero-order valence-corrected chi connectivity index (χ0v) is 12.9. The first-order valence-corrected chi connectivity index (χ1v) is 7.58. The van der Waals surface area contributed by atoms with Crippen LogP contribution in [0.2, 0.25) is 0 Å². The van der Waals surface area contributed by atoms with Crippen LogP contribution in [0.5, 0.6) is 0 Å². The number of hydrogen-bond donors (Lipinski definition) is 1. The van der Waals surface area contributed by atoms with Gasteiger partial charge in [0.2, 0.25) is 5.91 Å². The van der Waals surface area contributed by atoms with E-state index in [1.54, 1.807) is 0 Å². The fourth-order valence-corrected chi connectivity index (χ4v) is 3.07. The first-order valence-electron chi connectivity index (χ1n) is 7.58. The van der Waals surface area contributed by atoms with Crippen molar-refractivity contribution >= 4 is 5.91 Å². The molecule has 108 valence electrons. The van der Waals surface area contributed by atoms with Crippen molar-refractivity contribution in [2.75, 3.05) is 26.2 Å². The molecule has 19 heavy (non-hydrogen) atoms. The Morgan fingerprint density at radius 2 is 1.89 bits per heavy atom. The molecule has 0 aromatic rings. The Bertz CT molecular complexity index is 373. The highest BCUT2D eigenvalue weighted by Crippen LogP contribution is 2.34. The van der Waals surface area contributed by atoms with Crippen molar-refractivity contribution in [1.82, 2.24) is 10.2 Å². The minimum Gasteiger partial charge on any atom is -0.339 e. The molecule has 0 saturated carbocycles. The van der Waals surface area contributed by atoms with Crippen LogP contribution in [0.25, 0.3) is 0 Å². The zero-order chi connectivity index (χ0) is 14.0. The van der Waals surface area contributed by atoms with Crippen LogP contribution >= 0.6 is 0 Å². The van der Waals surface area contributed by atoms with Gasteiger partial charge in [-0.1, -0.05) is 20.8 Å². The van der Waals surface area contributed by atoms with Gasteiger partial charge in [0.15, 0.2) is 0 Å². The van der Waals surface area contributed by atoms with Crippen LogP contribution in [0.1, 0.15) is 47.0 Å². The van der Waals surface area contributed by atoms with Gasteiger partial charge in [-0.15, -0.1) is 0 Å². The molecule has 2 saturated heterocycles. The lowest BCUT2D eigenvalue weighted by atomic mass is 9.77. The predicted octanol–water partition coefficient (Wildman–Crippen LogP) is 2.58. The third-order valence-electron chi connectivity index (χ3n) is 4.77. The monoisotopic (exact) mass is 264 g/mol. The van der Waals surface area contributed by atoms with E-state index in [9.17, 15) is 4.79 Å². The van der Waals surface area contributed by atoms with E-state index in [2.05, 4.69) is 31.0 Å². The topological polar surface area (TPSA) is 32.3 Å². The number of hydrogen-bond acceptors (Lipinski definition) is 2. The number of amides is 1. The van der Waals surface area contributed by atoms with Gasteiger partial charge in [0.1, 0.15) is 0 Å². The van der Waals surface area contributed by atoms with Crippen molar-refractivity contribution in [2.24, 2.45) is 11.3 Å². The molecule has 0 aliphatic carbocycles. The SMILES string of the molecule is CC(C(=O)N1CCCC(C(C)(C)C)CC1)=C1CNC1. The molecule has 0 spiro atoms. The molecular weight excluding hydrogens is 236 g/mol. The van der Waals surface area contributed by atoms with Gasteiger partial charge in [-0.3, -0.25) is 4.79 Å². The fraction of sp³-hybridized carbons (Fsp3) is 0.812. The summed E-state index contributed by atoms with van der Waals surface area (Å²) in [6, 6.07) is 0. The summed E-state index contributed by atoms with van der Waals surface area (Å²) in [7, 11) is 0. The molecule has 0 aromatic heterocycles. The normalized spacial score (nSPS) is 24.7. The molecule has 3 nitrogen and oxygen atoms in total. The largest absolute Gasteiger partial charge is 0.339 e. The summed E-state index contributed by atoms with van der Waals surface area (Å²) in [6.07, 6.45) is 3.55. The second-order valence-corrected chi connectivity index (χ2v) is 7.12. The van der Waals surface area contributed by atoms with E-state index < -0.39 is 0 Å². The summed E-state index contributed by atoms with van der Waals surface area (Å²) in [6.45, 7) is 12.6. The Labute approximate surface area is 117 Å². The maximum absolute atomic E-state index is 12.5. The molecular formula is C16H28N2O. The molecule has 1 atom stereocenters. The summed E-state index contributed by atoms with van der Waals surface area (Å²) in [5.74, 6) is 1.01. The van der Waals surface area contributed by atoms with Crippen molar-refractivity contribution in [3.8, 4) is 0 Å². The third kappa shape index (κ3) is 3.38. The van der Waals surface area contributed by atoms with Gasteiger partial charge in [0, 0.05) is 31.8 Å². The molecule has 2 rings (SSSR count). The van der Waals surface area contributed by atoms with Crippen molar-refractivity contribution in [3.63, 3.8) is 0 Å². The maximum atomic E-state index is 12.5. The van der Waals surface area contributed by atoms with Crippen LogP contribution in [0.15, 0.2) is 11.1 Å². The third-order valence-corrected chi connectivity index (χ3v) is 4.77. The zero-order valence-electron chi connectivity index (χ0n) is 12.9. The van der Waals surface area contributed by atoms with E-state index >= 15 is 0 Å². The maximum Gasteiger partial charge on any atom is 0.249 e. The smallest absolute Gasteiger partial charge is 0.249 e. The molecule has 1 amide bonds. The van der Waals surface area contributed by atoms with Gasteiger partial charge in [-0.05, 0) is 43.1 Å². The van der Waals surface area contributed by atoms with Gasteiger partial charge in [-0.25, -0.2) is 0 Å². The molecule has 2 aliphatic heterocycles. The Kier molecular flexibility index (Phi) is 4.34. The summed E-state index contributed by atoms with van der Waals surface area (Å²) in [5.41, 5.74) is 2.64. The number of rotatable bonds is 1. The molecule has 0 bridgehead atoms. The van der Waals surface area contributed by atoms with Crippen molar-refractivity contribution < 1.29 is 4.79 Å². The van der Waals surface area contributed by atoms with Crippen molar-refractivity contribution in [1.29, 1.82) is 0 Å². The number of carbonyl (C=O) groups excluding carboxylic acids is 1. The number of carbonyl (C=O) groups is 1. The highest BCUT2D eigenvalue weighted by Gasteiger charge is 2.29. The Morgan fingerprint density at radius 3 is 2.42 bits per heavy atom. The average molecular weight is 264 g/mol. The molecule has 0 radical (unpaired) electrons. The first-order chi connectivity index (χ1) is 8.89. The lowest BCUT2D eigenvalue weighted by Crippen LogP contribution is -2.39. The summed E-state index contributed by atoms with van der Waals surface area (Å²) in [4.78, 5) is 14.6. The molecule has 2 aliphatic rings. The summed E-state index contributed by atoms with van der Waals surface area (Å²) < 4.78 is 0. The van der Waals surface area contributed by atoms with Gasteiger partial charge in [0.05, 0.1) is 0 Å². The van der Waals surface area contributed by atoms with Crippen molar-refractivity contribution in [3.05, 3.63) is 11.1 Å². The average Bonchev–Trinajstić information content (AvgIpc) is 2.50. The minimum absolute atomic E-state index is 0.269. The molecule has 1 unspecified atom stereocenters. The minimum atomic E-state index is 0.269. The van der Waals surface area contributed by atoms with Gasteiger partial charge >= 0.3 is 0 Å². The first kappa shape index (κ1) is 14.6. The number of nitrogens with zero attached hydrogens (tertiary/aromatic N) is 1. The Balaban J connectivity index is 1.97. The molecule has 3 heteroatoms. The van der Waals surface area contributed by atoms with E-state index in [0.717, 1.165) is 50.5 Å². The van der Waals surface area contributed by atoms with E-state index in [0.29, 0.717) is 5.41 Å². The second kappa shape index (κ2) is 5.66. The number of likely N-dealkylation sites (tertiary alicyclic amines) is 1. The molecule has 0 aromatic carbocycles. The lowest BCUT2D eigenvalue weighted by molar-refractivity contribution is -0.127. The van der Waals surface area contributed by atoms with E-state index in [1.807, 2.05) is 6.92 Å². The van der Waals surface area contributed by atoms with E-state index in [1.165, 1.54) is 12.0 Å². The van der Waals surface area contributed by atoms with Gasteiger partial charge in [-0.2, -0.15) is 0 Å². The standard InChI is InChI=1S/C16H28N2O/c1-12(13-10-17-11-13)15(19)18-8-5-6-14(7-9-18)16(2,3)4/h14,17H,5-11H2,1-4H3. The molecule has 2 fully saturated rings. The highest BCUT2D eigenvalue weighted by atomic mass is 16.2. The van der Waals surface area contributed by atoms with Crippen LogP contribution in [0.4, 0.5) is 0 Å². The van der Waals surface area contributed by atoms with Crippen LogP contribution in [-0.4, -0.2) is 37.0 Å². The van der Waals surface area contributed by atoms with Gasteiger partial charge in [0.25, 0.3) is 0 Å². The molecule has 1 N–H and O–H groups in total. The van der Waals surface area contributed by atoms with Crippen LogP contribution < -0.4 is 5.32 Å².